The Bertz CT molecular complexity index is 624. The maximum absolute atomic E-state index is 13.6. The molecule has 0 nitrogen and oxygen atoms in total. The van der Waals surface area contributed by atoms with Gasteiger partial charge in [0.25, 0.3) is 0 Å². The molecule has 146 valence electrons. The maximum Gasteiger partial charge on any atom is 0.460 e. The summed E-state index contributed by atoms with van der Waals surface area (Å²) in [5.41, 5.74) is 0. The first-order valence-electron chi connectivity index (χ1n) is 5.78. The lowest BCUT2D eigenvalue weighted by atomic mass is 9.93. The van der Waals surface area contributed by atoms with Crippen LogP contribution in [0.5, 0.6) is 0 Å². The topological polar surface area (TPSA) is 0 Å². The number of hydrogen-bond donors (Lipinski definition) is 0. The van der Waals surface area contributed by atoms with Crippen LogP contribution in [0.25, 0.3) is 0 Å². The SMILES string of the molecule is Cc1ccc(C(F)(F)C(F)(F)C(F)(F)C(F)(F)C(F)(F)C(F)(F)F)s1. The van der Waals surface area contributed by atoms with Crippen molar-refractivity contribution >= 4 is 11.3 Å². The molecule has 0 bridgehead atoms. The van der Waals surface area contributed by atoms with Gasteiger partial charge in [-0.3, -0.25) is 0 Å². The second-order valence-electron chi connectivity index (χ2n) is 4.78. The monoisotopic (exact) mass is 416 g/mol. The molecule has 1 rings (SSSR count). The van der Waals surface area contributed by atoms with Gasteiger partial charge in [-0.15, -0.1) is 11.3 Å². The quantitative estimate of drug-likeness (QED) is 0.498. The molecule has 0 aromatic carbocycles. The Morgan fingerprint density at radius 1 is 0.600 bits per heavy atom. The number of aryl methyl sites for hydroxylation is 1. The van der Waals surface area contributed by atoms with Crippen LogP contribution in [0.15, 0.2) is 12.1 Å². The standard InChI is InChI=1S/C11H5F13S/c1-4-2-3-5(25-4)6(12,13)7(14,15)8(16,17)9(18,19)10(20,21)11(22,23)24/h2-3H,1H3. The van der Waals surface area contributed by atoms with Crippen LogP contribution in [-0.2, 0) is 5.92 Å². The van der Waals surface area contributed by atoms with Crippen molar-refractivity contribution in [3.63, 3.8) is 0 Å². The van der Waals surface area contributed by atoms with Gasteiger partial charge < -0.3 is 0 Å². The van der Waals surface area contributed by atoms with Crippen LogP contribution in [0.4, 0.5) is 57.1 Å². The first kappa shape index (κ1) is 21.8. The van der Waals surface area contributed by atoms with E-state index in [0.29, 0.717) is 6.07 Å². The lowest BCUT2D eigenvalue weighted by molar-refractivity contribution is -0.441. The van der Waals surface area contributed by atoms with Crippen molar-refractivity contribution < 1.29 is 57.1 Å². The molecular formula is C11H5F13S. The molecule has 1 aromatic heterocycles. The number of halogens is 13. The summed E-state index contributed by atoms with van der Waals surface area (Å²) in [7, 11) is 0. The van der Waals surface area contributed by atoms with E-state index in [1.165, 1.54) is 0 Å². The van der Waals surface area contributed by atoms with Crippen LogP contribution in [0, 0.1) is 6.92 Å². The van der Waals surface area contributed by atoms with Crippen LogP contribution in [0.2, 0.25) is 0 Å². The second kappa shape index (κ2) is 5.64. The minimum absolute atomic E-state index is 0.129. The van der Waals surface area contributed by atoms with Crippen LogP contribution >= 0.6 is 11.3 Å². The van der Waals surface area contributed by atoms with Gasteiger partial charge in [-0.2, -0.15) is 57.1 Å². The van der Waals surface area contributed by atoms with Gasteiger partial charge in [0.15, 0.2) is 0 Å². The zero-order chi connectivity index (χ0) is 20.3. The fourth-order valence-corrected chi connectivity index (χ4v) is 2.40. The Balaban J connectivity index is 3.53. The molecule has 0 aliphatic heterocycles. The molecular weight excluding hydrogens is 411 g/mol. The first-order chi connectivity index (χ1) is 10.7. The predicted octanol–water partition coefficient (Wildman–Crippen LogP) is 6.25. The molecule has 1 aromatic rings. The van der Waals surface area contributed by atoms with E-state index >= 15 is 0 Å². The van der Waals surface area contributed by atoms with Gasteiger partial charge in [-0.05, 0) is 19.1 Å². The molecule has 0 atom stereocenters. The first-order valence-corrected chi connectivity index (χ1v) is 6.59. The third-order valence-electron chi connectivity index (χ3n) is 2.98. The summed E-state index contributed by atoms with van der Waals surface area (Å²) in [6.45, 7) is 1.03. The Kier molecular flexibility index (Phi) is 4.93. The van der Waals surface area contributed by atoms with Crippen molar-refractivity contribution in [3.8, 4) is 0 Å². The predicted molar refractivity (Wildman–Crippen MR) is 58.8 cm³/mol. The molecule has 14 heteroatoms. The van der Waals surface area contributed by atoms with Crippen LogP contribution in [0.3, 0.4) is 0 Å². The molecule has 0 radical (unpaired) electrons. The Hall–Kier alpha value is -1.21. The van der Waals surface area contributed by atoms with E-state index in [2.05, 4.69) is 0 Å². The van der Waals surface area contributed by atoms with Crippen LogP contribution in [-0.4, -0.2) is 29.9 Å². The van der Waals surface area contributed by atoms with Gasteiger partial charge in [0, 0.05) is 4.88 Å². The largest absolute Gasteiger partial charge is 0.460 e. The molecule has 0 spiro atoms. The summed E-state index contributed by atoms with van der Waals surface area (Å²) in [4.78, 5) is -2.08. The zero-order valence-electron chi connectivity index (χ0n) is 11.5. The van der Waals surface area contributed by atoms with E-state index in [0.717, 1.165) is 6.92 Å². The Labute approximate surface area is 134 Å². The van der Waals surface area contributed by atoms with Gasteiger partial charge >= 0.3 is 35.8 Å². The van der Waals surface area contributed by atoms with E-state index in [1.54, 1.807) is 0 Å². The van der Waals surface area contributed by atoms with Gasteiger partial charge in [0.05, 0.1) is 4.88 Å². The molecule has 25 heavy (non-hydrogen) atoms. The van der Waals surface area contributed by atoms with Crippen molar-refractivity contribution in [2.45, 2.75) is 42.7 Å². The molecule has 1 heterocycles. The summed E-state index contributed by atoms with van der Waals surface area (Å²) >= 11 is -0.257. The maximum atomic E-state index is 13.6. The van der Waals surface area contributed by atoms with Crippen LogP contribution < -0.4 is 0 Å². The average Bonchev–Trinajstić information content (AvgIpc) is 2.83. The Morgan fingerprint density at radius 2 is 1.00 bits per heavy atom. The highest BCUT2D eigenvalue weighted by atomic mass is 32.1. The number of hydrogen-bond acceptors (Lipinski definition) is 1. The highest BCUT2D eigenvalue weighted by molar-refractivity contribution is 7.12. The third-order valence-corrected chi connectivity index (χ3v) is 4.05. The summed E-state index contributed by atoms with van der Waals surface area (Å²) in [6, 6.07) is 0.828. The molecule has 0 unspecified atom stereocenters. The van der Waals surface area contributed by atoms with Crippen molar-refractivity contribution in [1.82, 2.24) is 0 Å². The molecule has 0 saturated heterocycles. The van der Waals surface area contributed by atoms with Gasteiger partial charge in [0.1, 0.15) is 0 Å². The highest BCUT2D eigenvalue weighted by Crippen LogP contribution is 2.62. The average molecular weight is 416 g/mol. The molecule has 0 amide bonds. The summed E-state index contributed by atoms with van der Waals surface area (Å²) in [5, 5.41) is 0. The number of alkyl halides is 13. The zero-order valence-corrected chi connectivity index (χ0v) is 12.3. The van der Waals surface area contributed by atoms with E-state index in [4.69, 9.17) is 0 Å². The van der Waals surface area contributed by atoms with Crippen molar-refractivity contribution in [2.24, 2.45) is 0 Å². The molecule has 0 aliphatic rings. The molecule has 0 fully saturated rings. The fraction of sp³-hybridized carbons (Fsp3) is 0.636. The smallest absolute Gasteiger partial charge is 0.193 e. The minimum atomic E-state index is -7.86. The van der Waals surface area contributed by atoms with Crippen molar-refractivity contribution in [3.05, 3.63) is 21.9 Å². The van der Waals surface area contributed by atoms with E-state index in [9.17, 15) is 57.1 Å². The van der Waals surface area contributed by atoms with Gasteiger partial charge in [-0.1, -0.05) is 0 Å². The lowest BCUT2D eigenvalue weighted by Gasteiger charge is -2.39. The van der Waals surface area contributed by atoms with Crippen molar-refractivity contribution in [2.75, 3.05) is 0 Å². The van der Waals surface area contributed by atoms with E-state index < -0.39 is 40.7 Å². The normalized spacial score (nSPS) is 15.6. The van der Waals surface area contributed by atoms with Gasteiger partial charge in [0.2, 0.25) is 0 Å². The van der Waals surface area contributed by atoms with E-state index in [1.807, 2.05) is 0 Å². The van der Waals surface area contributed by atoms with Crippen LogP contribution in [0.1, 0.15) is 9.75 Å². The highest BCUT2D eigenvalue weighted by Gasteiger charge is 2.91. The van der Waals surface area contributed by atoms with E-state index in [-0.39, 0.29) is 22.3 Å². The van der Waals surface area contributed by atoms with Gasteiger partial charge in [-0.25, -0.2) is 0 Å². The van der Waals surface area contributed by atoms with Crippen molar-refractivity contribution in [1.29, 1.82) is 0 Å². The summed E-state index contributed by atoms with van der Waals surface area (Å²) in [5.74, 6) is -36.7. The second-order valence-corrected chi connectivity index (χ2v) is 6.07. The Morgan fingerprint density at radius 3 is 1.32 bits per heavy atom. The molecule has 0 saturated carbocycles. The minimum Gasteiger partial charge on any atom is -0.193 e. The summed E-state index contributed by atoms with van der Waals surface area (Å²) in [6.07, 6.45) is -7.40. The fourth-order valence-electron chi connectivity index (χ4n) is 1.53. The number of thiophene rings is 1. The molecule has 0 aliphatic carbocycles. The summed E-state index contributed by atoms with van der Waals surface area (Å²) < 4.78 is 167. The lowest BCUT2D eigenvalue weighted by Crippen LogP contribution is -2.69. The third kappa shape index (κ3) is 2.85. The number of rotatable bonds is 5. The molecule has 0 N–H and O–H groups in total.